The Morgan fingerprint density at radius 2 is 1.80 bits per heavy atom. The molecule has 0 saturated carbocycles. The molecule has 0 saturated heterocycles. The van der Waals surface area contributed by atoms with Crippen LogP contribution in [0.5, 0.6) is 0 Å². The van der Waals surface area contributed by atoms with Crippen molar-refractivity contribution in [2.45, 2.75) is 6.92 Å². The molecule has 0 spiro atoms. The van der Waals surface area contributed by atoms with Crippen LogP contribution >= 0.6 is 0 Å². The van der Waals surface area contributed by atoms with Crippen molar-refractivity contribution in [2.75, 3.05) is 17.2 Å². The molecule has 2 rings (SSSR count). The molecular weight excluding hydrogens is 262 g/mol. The van der Waals surface area contributed by atoms with E-state index in [1.807, 2.05) is 18.2 Å². The minimum absolute atomic E-state index is 0.0726. The lowest BCUT2D eigenvalue weighted by Crippen LogP contribution is -2.23. The van der Waals surface area contributed by atoms with E-state index in [0.717, 1.165) is 11.8 Å². The Balaban J connectivity index is 2.00. The van der Waals surface area contributed by atoms with Crippen LogP contribution in [0, 0.1) is 18.6 Å². The molecule has 0 bridgehead atoms. The fourth-order valence-electron chi connectivity index (χ4n) is 1.69. The van der Waals surface area contributed by atoms with Crippen LogP contribution in [0.3, 0.4) is 0 Å². The molecule has 0 unspecified atom stereocenters. The van der Waals surface area contributed by atoms with E-state index in [1.165, 1.54) is 13.0 Å². The van der Waals surface area contributed by atoms with Crippen molar-refractivity contribution in [3.8, 4) is 0 Å². The highest BCUT2D eigenvalue weighted by Gasteiger charge is 2.13. The number of nitrogens with one attached hydrogen (secondary N) is 2. The largest absolute Gasteiger partial charge is 0.376 e. The summed E-state index contributed by atoms with van der Waals surface area (Å²) < 4.78 is 27.2. The average molecular weight is 276 g/mol. The van der Waals surface area contributed by atoms with Crippen LogP contribution in [0.15, 0.2) is 42.5 Å². The van der Waals surface area contributed by atoms with E-state index in [2.05, 4.69) is 10.6 Å². The molecule has 5 heteroatoms. The number of aryl methyl sites for hydroxylation is 1. The quantitative estimate of drug-likeness (QED) is 0.899. The molecule has 0 radical (unpaired) electrons. The zero-order valence-electron chi connectivity index (χ0n) is 10.9. The predicted molar refractivity (Wildman–Crippen MR) is 74.7 cm³/mol. The molecule has 0 aliphatic carbocycles. The van der Waals surface area contributed by atoms with Crippen molar-refractivity contribution in [3.05, 3.63) is 59.7 Å². The van der Waals surface area contributed by atoms with Gasteiger partial charge in [-0.25, -0.2) is 8.78 Å². The molecule has 2 aromatic carbocycles. The third-order valence-electron chi connectivity index (χ3n) is 2.78. The van der Waals surface area contributed by atoms with Gasteiger partial charge in [-0.2, -0.15) is 0 Å². The van der Waals surface area contributed by atoms with Crippen LogP contribution in [-0.4, -0.2) is 12.5 Å². The summed E-state index contributed by atoms with van der Waals surface area (Å²) in [5, 5.41) is 5.10. The first-order valence-electron chi connectivity index (χ1n) is 6.11. The first kappa shape index (κ1) is 14.0. The Hall–Kier alpha value is -2.43. The van der Waals surface area contributed by atoms with E-state index < -0.39 is 23.2 Å². The van der Waals surface area contributed by atoms with Crippen molar-refractivity contribution in [2.24, 2.45) is 0 Å². The van der Waals surface area contributed by atoms with E-state index in [4.69, 9.17) is 0 Å². The first-order chi connectivity index (χ1) is 9.58. The summed E-state index contributed by atoms with van der Waals surface area (Å²) in [7, 11) is 0. The molecule has 20 heavy (non-hydrogen) atoms. The maximum absolute atomic E-state index is 13.7. The van der Waals surface area contributed by atoms with E-state index in [9.17, 15) is 13.6 Å². The van der Waals surface area contributed by atoms with E-state index in [1.54, 1.807) is 12.1 Å². The highest BCUT2D eigenvalue weighted by molar-refractivity contribution is 5.94. The zero-order valence-corrected chi connectivity index (χ0v) is 10.9. The first-order valence-corrected chi connectivity index (χ1v) is 6.11. The van der Waals surface area contributed by atoms with Gasteiger partial charge in [-0.1, -0.05) is 24.3 Å². The van der Waals surface area contributed by atoms with Gasteiger partial charge in [-0.05, 0) is 30.7 Å². The Morgan fingerprint density at radius 3 is 2.50 bits per heavy atom. The van der Waals surface area contributed by atoms with Crippen LogP contribution in [0.1, 0.15) is 5.56 Å². The van der Waals surface area contributed by atoms with E-state index in [0.29, 0.717) is 0 Å². The fraction of sp³-hybridized carbons (Fsp3) is 0.133. The summed E-state index contributed by atoms with van der Waals surface area (Å²) in [5.41, 5.74) is 0.621. The average Bonchev–Trinajstić information content (AvgIpc) is 2.46. The van der Waals surface area contributed by atoms with Crippen LogP contribution in [0.4, 0.5) is 20.2 Å². The predicted octanol–water partition coefficient (Wildman–Crippen LogP) is 3.32. The van der Waals surface area contributed by atoms with E-state index >= 15 is 0 Å². The van der Waals surface area contributed by atoms with Gasteiger partial charge >= 0.3 is 0 Å². The highest BCUT2D eigenvalue weighted by Crippen LogP contribution is 2.21. The van der Waals surface area contributed by atoms with Crippen molar-refractivity contribution >= 4 is 17.3 Å². The standard InChI is InChI=1S/C15H14F2N2O/c1-10-7-8-12(16)15(14(10)17)19-13(20)9-18-11-5-3-2-4-6-11/h2-8,18H,9H2,1H3,(H,19,20). The summed E-state index contributed by atoms with van der Waals surface area (Å²) in [4.78, 5) is 11.7. The van der Waals surface area contributed by atoms with Crippen molar-refractivity contribution in [1.29, 1.82) is 0 Å². The van der Waals surface area contributed by atoms with Gasteiger partial charge in [-0.3, -0.25) is 4.79 Å². The summed E-state index contributed by atoms with van der Waals surface area (Å²) in [5.74, 6) is -2.06. The van der Waals surface area contributed by atoms with Crippen LogP contribution in [0.2, 0.25) is 0 Å². The monoisotopic (exact) mass is 276 g/mol. The van der Waals surface area contributed by atoms with Crippen molar-refractivity contribution in [1.82, 2.24) is 0 Å². The molecule has 0 atom stereocenters. The Bertz CT molecular complexity index is 615. The molecule has 104 valence electrons. The van der Waals surface area contributed by atoms with Gasteiger partial charge in [0.1, 0.15) is 11.5 Å². The molecule has 1 amide bonds. The second-order valence-electron chi connectivity index (χ2n) is 4.32. The van der Waals surface area contributed by atoms with Gasteiger partial charge in [0.05, 0.1) is 6.54 Å². The molecular formula is C15H14F2N2O. The van der Waals surface area contributed by atoms with Crippen LogP contribution < -0.4 is 10.6 Å². The smallest absolute Gasteiger partial charge is 0.243 e. The third kappa shape index (κ3) is 3.32. The highest BCUT2D eigenvalue weighted by atomic mass is 19.1. The molecule has 0 aliphatic heterocycles. The summed E-state index contributed by atoms with van der Waals surface area (Å²) >= 11 is 0. The van der Waals surface area contributed by atoms with Gasteiger partial charge in [0.25, 0.3) is 0 Å². The molecule has 3 nitrogen and oxygen atoms in total. The summed E-state index contributed by atoms with van der Waals surface area (Å²) in [6.07, 6.45) is 0. The topological polar surface area (TPSA) is 41.1 Å². The molecule has 0 fully saturated rings. The zero-order chi connectivity index (χ0) is 14.5. The van der Waals surface area contributed by atoms with E-state index in [-0.39, 0.29) is 12.1 Å². The molecule has 2 N–H and O–H groups in total. The Labute approximate surface area is 115 Å². The fourth-order valence-corrected chi connectivity index (χ4v) is 1.69. The maximum atomic E-state index is 13.7. The van der Waals surface area contributed by atoms with Crippen molar-refractivity contribution < 1.29 is 13.6 Å². The summed E-state index contributed by atoms with van der Waals surface area (Å²) in [6.45, 7) is 1.43. The molecule has 0 aromatic heterocycles. The van der Waals surface area contributed by atoms with Gasteiger partial charge in [0.15, 0.2) is 5.82 Å². The Morgan fingerprint density at radius 1 is 1.10 bits per heavy atom. The van der Waals surface area contributed by atoms with Crippen molar-refractivity contribution in [3.63, 3.8) is 0 Å². The number of rotatable bonds is 4. The lowest BCUT2D eigenvalue weighted by molar-refractivity contribution is -0.114. The SMILES string of the molecule is Cc1ccc(F)c(NC(=O)CNc2ccccc2)c1F. The van der Waals surface area contributed by atoms with Gasteiger partial charge in [0, 0.05) is 5.69 Å². The lowest BCUT2D eigenvalue weighted by atomic mass is 10.2. The number of carbonyl (C=O) groups excluding carboxylic acids is 1. The second-order valence-corrected chi connectivity index (χ2v) is 4.32. The second kappa shape index (κ2) is 6.14. The molecule has 0 aliphatic rings. The third-order valence-corrected chi connectivity index (χ3v) is 2.78. The lowest BCUT2D eigenvalue weighted by Gasteiger charge is -2.10. The van der Waals surface area contributed by atoms with Crippen LogP contribution in [0.25, 0.3) is 0 Å². The Kier molecular flexibility index (Phi) is 4.30. The number of carbonyl (C=O) groups is 1. The summed E-state index contributed by atoms with van der Waals surface area (Å²) in [6, 6.07) is 11.5. The van der Waals surface area contributed by atoms with Gasteiger partial charge < -0.3 is 10.6 Å². The minimum Gasteiger partial charge on any atom is -0.376 e. The number of para-hydroxylation sites is 1. The number of halogens is 2. The number of hydrogen-bond acceptors (Lipinski definition) is 2. The minimum atomic E-state index is -0.791. The van der Waals surface area contributed by atoms with Gasteiger partial charge in [0.2, 0.25) is 5.91 Å². The number of amides is 1. The molecule has 0 heterocycles. The van der Waals surface area contributed by atoms with Gasteiger partial charge in [-0.15, -0.1) is 0 Å². The normalized spacial score (nSPS) is 10.2. The van der Waals surface area contributed by atoms with Crippen LogP contribution in [-0.2, 0) is 4.79 Å². The number of anilines is 2. The number of benzene rings is 2. The number of hydrogen-bond donors (Lipinski definition) is 2. The maximum Gasteiger partial charge on any atom is 0.243 e. The molecule has 2 aromatic rings.